The minimum atomic E-state index is -0.193. The number of halogens is 1. The van der Waals surface area contributed by atoms with Gasteiger partial charge in [-0.3, -0.25) is 0 Å². The van der Waals surface area contributed by atoms with Crippen LogP contribution in [0.3, 0.4) is 0 Å². The molecule has 72 valence electrons. The average molecular weight is 191 g/mol. The molecule has 1 unspecified atom stereocenters. The average Bonchev–Trinajstić information content (AvgIpc) is 2.19. The van der Waals surface area contributed by atoms with Gasteiger partial charge in [0.2, 0.25) is 6.08 Å². The molecule has 0 saturated carbocycles. The SMILES string of the molecule is O=C=NC1CCc2cc(F)ccc2C1. The minimum Gasteiger partial charge on any atom is -0.211 e. The van der Waals surface area contributed by atoms with Crippen molar-refractivity contribution in [3.05, 3.63) is 35.1 Å². The maximum Gasteiger partial charge on any atom is 0.235 e. The molecule has 1 aromatic rings. The highest BCUT2D eigenvalue weighted by atomic mass is 19.1. The molecular weight excluding hydrogens is 181 g/mol. The zero-order valence-corrected chi connectivity index (χ0v) is 7.66. The molecule has 1 atom stereocenters. The van der Waals surface area contributed by atoms with E-state index in [1.165, 1.54) is 6.07 Å². The van der Waals surface area contributed by atoms with Gasteiger partial charge in [-0.2, -0.15) is 0 Å². The first kappa shape index (κ1) is 9.10. The lowest BCUT2D eigenvalue weighted by atomic mass is 9.88. The molecule has 0 N–H and O–H groups in total. The van der Waals surface area contributed by atoms with E-state index < -0.39 is 0 Å². The van der Waals surface area contributed by atoms with E-state index in [9.17, 15) is 9.18 Å². The number of nitrogens with zero attached hydrogens (tertiary/aromatic N) is 1. The first-order valence-corrected chi connectivity index (χ1v) is 4.64. The molecule has 0 aliphatic heterocycles. The third-order valence-corrected chi connectivity index (χ3v) is 2.61. The Bertz CT molecular complexity index is 396. The molecule has 0 fully saturated rings. The van der Waals surface area contributed by atoms with Crippen molar-refractivity contribution in [2.24, 2.45) is 4.99 Å². The lowest BCUT2D eigenvalue weighted by molar-refractivity contribution is 0.536. The Hall–Kier alpha value is -1.47. The Morgan fingerprint density at radius 2 is 2.29 bits per heavy atom. The van der Waals surface area contributed by atoms with Crippen LogP contribution in [0, 0.1) is 5.82 Å². The van der Waals surface area contributed by atoms with Gasteiger partial charge in [0.05, 0.1) is 6.04 Å². The number of isocyanates is 1. The zero-order valence-electron chi connectivity index (χ0n) is 7.66. The summed E-state index contributed by atoms with van der Waals surface area (Å²) in [6, 6.07) is 4.82. The van der Waals surface area contributed by atoms with Gasteiger partial charge >= 0.3 is 0 Å². The van der Waals surface area contributed by atoms with Crippen molar-refractivity contribution in [3.63, 3.8) is 0 Å². The number of aryl methyl sites for hydroxylation is 1. The largest absolute Gasteiger partial charge is 0.235 e. The second-order valence-electron chi connectivity index (χ2n) is 3.53. The van der Waals surface area contributed by atoms with Crippen molar-refractivity contribution in [1.82, 2.24) is 0 Å². The van der Waals surface area contributed by atoms with Gasteiger partial charge in [-0.25, -0.2) is 14.2 Å². The first-order valence-electron chi connectivity index (χ1n) is 4.64. The van der Waals surface area contributed by atoms with Crippen LogP contribution in [0.5, 0.6) is 0 Å². The molecule has 14 heavy (non-hydrogen) atoms. The second kappa shape index (κ2) is 3.72. The number of hydrogen-bond donors (Lipinski definition) is 0. The van der Waals surface area contributed by atoms with Gasteiger partial charge in [-0.05, 0) is 42.5 Å². The predicted molar refractivity (Wildman–Crippen MR) is 50.3 cm³/mol. The van der Waals surface area contributed by atoms with E-state index in [0.29, 0.717) is 0 Å². The van der Waals surface area contributed by atoms with Crippen LogP contribution in [0.25, 0.3) is 0 Å². The number of benzene rings is 1. The van der Waals surface area contributed by atoms with Crippen LogP contribution >= 0.6 is 0 Å². The molecule has 1 aliphatic rings. The normalized spacial score (nSPS) is 19.6. The van der Waals surface area contributed by atoms with E-state index >= 15 is 0 Å². The third-order valence-electron chi connectivity index (χ3n) is 2.61. The topological polar surface area (TPSA) is 29.4 Å². The monoisotopic (exact) mass is 191 g/mol. The summed E-state index contributed by atoms with van der Waals surface area (Å²) in [6.45, 7) is 0. The van der Waals surface area contributed by atoms with Crippen LogP contribution in [-0.4, -0.2) is 12.1 Å². The zero-order chi connectivity index (χ0) is 9.97. The lowest BCUT2D eigenvalue weighted by Crippen LogP contribution is -2.17. The first-order chi connectivity index (χ1) is 6.79. The van der Waals surface area contributed by atoms with Crippen LogP contribution in [0.2, 0.25) is 0 Å². The number of aliphatic imine (C=N–C) groups is 1. The van der Waals surface area contributed by atoms with E-state index in [4.69, 9.17) is 0 Å². The molecule has 0 heterocycles. The highest BCUT2D eigenvalue weighted by Gasteiger charge is 2.17. The Kier molecular flexibility index (Phi) is 2.42. The fourth-order valence-corrected chi connectivity index (χ4v) is 1.89. The van der Waals surface area contributed by atoms with Crippen molar-refractivity contribution in [2.45, 2.75) is 25.3 Å². The Balaban J connectivity index is 2.27. The summed E-state index contributed by atoms with van der Waals surface area (Å²) in [5.41, 5.74) is 2.14. The van der Waals surface area contributed by atoms with Gasteiger partial charge < -0.3 is 0 Å². The fourth-order valence-electron chi connectivity index (χ4n) is 1.89. The van der Waals surface area contributed by atoms with Crippen LogP contribution in [-0.2, 0) is 17.6 Å². The van der Waals surface area contributed by atoms with Gasteiger partial charge in [0, 0.05) is 0 Å². The molecule has 1 aliphatic carbocycles. The standard InChI is InChI=1S/C11H10FNO/c12-10-3-1-9-6-11(13-7-14)4-2-8(9)5-10/h1,3,5,11H,2,4,6H2. The maximum atomic E-state index is 12.9. The van der Waals surface area contributed by atoms with Crippen molar-refractivity contribution in [2.75, 3.05) is 0 Å². The molecule has 2 rings (SSSR count). The van der Waals surface area contributed by atoms with Crippen molar-refractivity contribution >= 4 is 6.08 Å². The third kappa shape index (κ3) is 1.73. The van der Waals surface area contributed by atoms with Crippen molar-refractivity contribution in [1.29, 1.82) is 0 Å². The molecular formula is C11H10FNO. The second-order valence-corrected chi connectivity index (χ2v) is 3.53. The number of carbonyl (C=O) groups excluding carboxylic acids is 1. The summed E-state index contributed by atoms with van der Waals surface area (Å²) >= 11 is 0. The summed E-state index contributed by atoms with van der Waals surface area (Å²) in [6.07, 6.45) is 3.91. The summed E-state index contributed by atoms with van der Waals surface area (Å²) in [7, 11) is 0. The predicted octanol–water partition coefficient (Wildman–Crippen LogP) is 2.02. The van der Waals surface area contributed by atoms with Crippen molar-refractivity contribution in [3.8, 4) is 0 Å². The summed E-state index contributed by atoms with van der Waals surface area (Å²) in [4.78, 5) is 13.8. The van der Waals surface area contributed by atoms with Gasteiger partial charge in [0.25, 0.3) is 0 Å². The summed E-state index contributed by atoms with van der Waals surface area (Å²) in [5, 5.41) is 0. The quantitative estimate of drug-likeness (QED) is 0.493. The highest BCUT2D eigenvalue weighted by molar-refractivity contribution is 5.36. The van der Waals surface area contributed by atoms with E-state index in [2.05, 4.69) is 4.99 Å². The molecule has 0 amide bonds. The van der Waals surface area contributed by atoms with E-state index in [1.807, 2.05) is 0 Å². The number of hydrogen-bond acceptors (Lipinski definition) is 2. The van der Waals surface area contributed by atoms with Gasteiger partial charge in [-0.1, -0.05) is 6.07 Å². The molecule has 0 spiro atoms. The van der Waals surface area contributed by atoms with E-state index in [0.717, 1.165) is 30.4 Å². The Morgan fingerprint density at radius 1 is 1.43 bits per heavy atom. The maximum absolute atomic E-state index is 12.9. The minimum absolute atomic E-state index is 0.0328. The van der Waals surface area contributed by atoms with E-state index in [1.54, 1.807) is 18.2 Å². The van der Waals surface area contributed by atoms with Crippen LogP contribution < -0.4 is 0 Å². The molecule has 0 saturated heterocycles. The molecule has 0 bridgehead atoms. The molecule has 0 aromatic heterocycles. The molecule has 0 radical (unpaired) electrons. The summed E-state index contributed by atoms with van der Waals surface area (Å²) < 4.78 is 12.9. The van der Waals surface area contributed by atoms with Gasteiger partial charge in [-0.15, -0.1) is 0 Å². The lowest BCUT2D eigenvalue weighted by Gasteiger charge is -2.20. The van der Waals surface area contributed by atoms with Crippen LogP contribution in [0.15, 0.2) is 23.2 Å². The number of rotatable bonds is 1. The fraction of sp³-hybridized carbons (Fsp3) is 0.364. The molecule has 1 aromatic carbocycles. The van der Waals surface area contributed by atoms with E-state index in [-0.39, 0.29) is 11.9 Å². The molecule has 2 nitrogen and oxygen atoms in total. The van der Waals surface area contributed by atoms with Crippen LogP contribution in [0.1, 0.15) is 17.5 Å². The highest BCUT2D eigenvalue weighted by Crippen LogP contribution is 2.23. The molecule has 3 heteroatoms. The van der Waals surface area contributed by atoms with Gasteiger partial charge in [0.15, 0.2) is 0 Å². The number of fused-ring (bicyclic) bond motifs is 1. The summed E-state index contributed by atoms with van der Waals surface area (Å²) in [5.74, 6) is -0.193. The van der Waals surface area contributed by atoms with Gasteiger partial charge in [0.1, 0.15) is 5.82 Å². The smallest absolute Gasteiger partial charge is 0.211 e. The Morgan fingerprint density at radius 3 is 3.07 bits per heavy atom. The van der Waals surface area contributed by atoms with Crippen LogP contribution in [0.4, 0.5) is 4.39 Å². The van der Waals surface area contributed by atoms with Crippen molar-refractivity contribution < 1.29 is 9.18 Å². The Labute approximate surface area is 81.5 Å².